The van der Waals surface area contributed by atoms with Gasteiger partial charge in [0.05, 0.1) is 5.56 Å². The Balaban J connectivity index is 2.00. The van der Waals surface area contributed by atoms with Gasteiger partial charge in [0.2, 0.25) is 5.78 Å². The number of aryl methyl sites for hydroxylation is 1. The van der Waals surface area contributed by atoms with Crippen molar-refractivity contribution in [2.45, 2.75) is 13.3 Å². The summed E-state index contributed by atoms with van der Waals surface area (Å²) in [7, 11) is 0. The molecule has 0 fully saturated rings. The van der Waals surface area contributed by atoms with E-state index in [1.807, 2.05) is 19.1 Å². The minimum absolute atomic E-state index is 0.170. The summed E-state index contributed by atoms with van der Waals surface area (Å²) in [6.07, 6.45) is 0.917. The van der Waals surface area contributed by atoms with Crippen molar-refractivity contribution in [1.29, 1.82) is 0 Å². The number of ether oxygens (including phenoxy) is 1. The maximum Gasteiger partial charge on any atom is 0.203 e. The molecule has 0 bridgehead atoms. The molecule has 0 saturated heterocycles. The number of hydrogen-bond donors (Lipinski definition) is 0. The summed E-state index contributed by atoms with van der Waals surface area (Å²) in [5.74, 6) is -1.57. The first-order chi connectivity index (χ1) is 9.60. The Hall–Kier alpha value is -2.23. The molecule has 2 aromatic carbocycles. The van der Waals surface area contributed by atoms with Crippen molar-refractivity contribution in [2.75, 3.05) is 6.61 Å². The Morgan fingerprint density at radius 1 is 1.10 bits per heavy atom. The van der Waals surface area contributed by atoms with Gasteiger partial charge in [-0.3, -0.25) is 4.79 Å². The molecule has 0 aliphatic rings. The Labute approximate surface area is 116 Å². The van der Waals surface area contributed by atoms with Crippen LogP contribution in [0.3, 0.4) is 0 Å². The average molecular weight is 276 g/mol. The lowest BCUT2D eigenvalue weighted by Crippen LogP contribution is -2.13. The Morgan fingerprint density at radius 3 is 2.40 bits per heavy atom. The van der Waals surface area contributed by atoms with Crippen molar-refractivity contribution < 1.29 is 18.3 Å². The first kappa shape index (κ1) is 14.2. The zero-order chi connectivity index (χ0) is 14.5. The van der Waals surface area contributed by atoms with Crippen LogP contribution in [0.15, 0.2) is 42.5 Å². The summed E-state index contributed by atoms with van der Waals surface area (Å²) < 4.78 is 31.5. The molecule has 2 aromatic rings. The van der Waals surface area contributed by atoms with Gasteiger partial charge in [-0.05, 0) is 36.2 Å². The Morgan fingerprint density at radius 2 is 1.80 bits per heavy atom. The molecule has 0 N–H and O–H groups in total. The minimum Gasteiger partial charge on any atom is -0.485 e. The van der Waals surface area contributed by atoms with Crippen molar-refractivity contribution in [1.82, 2.24) is 0 Å². The van der Waals surface area contributed by atoms with Crippen LogP contribution in [0.1, 0.15) is 22.8 Å². The van der Waals surface area contributed by atoms with Gasteiger partial charge in [-0.25, -0.2) is 8.78 Å². The van der Waals surface area contributed by atoms with E-state index in [2.05, 4.69) is 0 Å². The largest absolute Gasteiger partial charge is 0.485 e. The monoisotopic (exact) mass is 276 g/mol. The molecule has 0 radical (unpaired) electrons. The third kappa shape index (κ3) is 3.41. The molecule has 2 nitrogen and oxygen atoms in total. The fourth-order valence-corrected chi connectivity index (χ4v) is 1.76. The van der Waals surface area contributed by atoms with E-state index < -0.39 is 17.4 Å². The lowest BCUT2D eigenvalue weighted by Gasteiger charge is -2.07. The van der Waals surface area contributed by atoms with E-state index in [1.165, 1.54) is 0 Å². The Kier molecular flexibility index (Phi) is 4.45. The molecule has 4 heteroatoms. The van der Waals surface area contributed by atoms with Crippen LogP contribution in [0.2, 0.25) is 0 Å². The standard InChI is InChI=1S/C16H14F2O2/c1-2-11-3-6-13(7-4-11)20-10-16(19)14-8-5-12(17)9-15(14)18/h3-9H,2,10H2,1H3. The molecule has 0 aliphatic carbocycles. The number of halogens is 2. The molecule has 0 heterocycles. The van der Waals surface area contributed by atoms with Crippen molar-refractivity contribution in [2.24, 2.45) is 0 Å². The molecule has 0 aliphatic heterocycles. The quantitative estimate of drug-likeness (QED) is 0.777. The van der Waals surface area contributed by atoms with Crippen molar-refractivity contribution in [3.8, 4) is 5.75 Å². The van der Waals surface area contributed by atoms with Crippen LogP contribution in [0.5, 0.6) is 5.75 Å². The second-order valence-corrected chi connectivity index (χ2v) is 4.33. The van der Waals surface area contributed by atoms with E-state index in [9.17, 15) is 13.6 Å². The maximum atomic E-state index is 13.4. The highest BCUT2D eigenvalue weighted by Crippen LogP contribution is 2.14. The topological polar surface area (TPSA) is 26.3 Å². The fourth-order valence-electron chi connectivity index (χ4n) is 1.76. The van der Waals surface area contributed by atoms with Crippen LogP contribution in [0.25, 0.3) is 0 Å². The molecular weight excluding hydrogens is 262 g/mol. The van der Waals surface area contributed by atoms with E-state index in [-0.39, 0.29) is 12.2 Å². The number of benzene rings is 2. The van der Waals surface area contributed by atoms with Crippen LogP contribution >= 0.6 is 0 Å². The van der Waals surface area contributed by atoms with Gasteiger partial charge < -0.3 is 4.74 Å². The van der Waals surface area contributed by atoms with Gasteiger partial charge in [-0.1, -0.05) is 19.1 Å². The lowest BCUT2D eigenvalue weighted by molar-refractivity contribution is 0.0917. The molecule has 20 heavy (non-hydrogen) atoms. The molecule has 0 atom stereocenters. The SMILES string of the molecule is CCc1ccc(OCC(=O)c2ccc(F)cc2F)cc1. The van der Waals surface area contributed by atoms with Crippen molar-refractivity contribution in [3.63, 3.8) is 0 Å². The smallest absolute Gasteiger partial charge is 0.203 e. The average Bonchev–Trinajstić information content (AvgIpc) is 2.45. The van der Waals surface area contributed by atoms with Crippen molar-refractivity contribution >= 4 is 5.78 Å². The third-order valence-corrected chi connectivity index (χ3v) is 2.93. The van der Waals surface area contributed by atoms with E-state index in [1.54, 1.807) is 12.1 Å². The molecular formula is C16H14F2O2. The van der Waals surface area contributed by atoms with Gasteiger partial charge in [0.25, 0.3) is 0 Å². The number of carbonyl (C=O) groups excluding carboxylic acids is 1. The van der Waals surface area contributed by atoms with Crippen LogP contribution in [0, 0.1) is 11.6 Å². The van der Waals surface area contributed by atoms with Gasteiger partial charge in [0, 0.05) is 6.07 Å². The highest BCUT2D eigenvalue weighted by molar-refractivity contribution is 5.97. The molecule has 0 aromatic heterocycles. The lowest BCUT2D eigenvalue weighted by atomic mass is 10.1. The van der Waals surface area contributed by atoms with Crippen LogP contribution in [-0.2, 0) is 6.42 Å². The molecule has 104 valence electrons. The maximum absolute atomic E-state index is 13.4. The van der Waals surface area contributed by atoms with E-state index in [0.29, 0.717) is 11.8 Å². The number of carbonyl (C=O) groups is 1. The highest BCUT2D eigenvalue weighted by atomic mass is 19.1. The summed E-state index contributed by atoms with van der Waals surface area (Å²) >= 11 is 0. The zero-order valence-electron chi connectivity index (χ0n) is 11.0. The summed E-state index contributed by atoms with van der Waals surface area (Å²) in [5, 5.41) is 0. The number of hydrogen-bond acceptors (Lipinski definition) is 2. The summed E-state index contributed by atoms with van der Waals surface area (Å²) in [5.41, 5.74) is 0.991. The summed E-state index contributed by atoms with van der Waals surface area (Å²) in [4.78, 5) is 11.8. The predicted molar refractivity (Wildman–Crippen MR) is 72.0 cm³/mol. The van der Waals surface area contributed by atoms with E-state index >= 15 is 0 Å². The number of Topliss-reactive ketones (excluding diaryl/α,β-unsaturated/α-hetero) is 1. The van der Waals surface area contributed by atoms with Crippen LogP contribution in [-0.4, -0.2) is 12.4 Å². The first-order valence-corrected chi connectivity index (χ1v) is 6.30. The van der Waals surface area contributed by atoms with Gasteiger partial charge in [0.1, 0.15) is 17.4 Å². The highest BCUT2D eigenvalue weighted by Gasteiger charge is 2.13. The van der Waals surface area contributed by atoms with E-state index in [4.69, 9.17) is 4.74 Å². The second kappa shape index (κ2) is 6.28. The number of ketones is 1. The molecule has 2 rings (SSSR count). The van der Waals surface area contributed by atoms with Gasteiger partial charge in [0.15, 0.2) is 6.61 Å². The van der Waals surface area contributed by atoms with Gasteiger partial charge in [-0.2, -0.15) is 0 Å². The summed E-state index contributed by atoms with van der Waals surface area (Å²) in [6.45, 7) is 1.75. The van der Waals surface area contributed by atoms with E-state index in [0.717, 1.165) is 24.1 Å². The van der Waals surface area contributed by atoms with Gasteiger partial charge in [-0.15, -0.1) is 0 Å². The first-order valence-electron chi connectivity index (χ1n) is 6.30. The third-order valence-electron chi connectivity index (χ3n) is 2.93. The molecule has 0 amide bonds. The molecule has 0 spiro atoms. The molecule has 0 saturated carbocycles. The zero-order valence-corrected chi connectivity index (χ0v) is 11.0. The van der Waals surface area contributed by atoms with Gasteiger partial charge >= 0.3 is 0 Å². The summed E-state index contributed by atoms with van der Waals surface area (Å²) in [6, 6.07) is 10.2. The minimum atomic E-state index is -0.875. The molecule has 0 unspecified atom stereocenters. The normalized spacial score (nSPS) is 10.3. The predicted octanol–water partition coefficient (Wildman–Crippen LogP) is 3.79. The van der Waals surface area contributed by atoms with Crippen LogP contribution < -0.4 is 4.74 Å². The number of rotatable bonds is 5. The fraction of sp³-hybridized carbons (Fsp3) is 0.188. The van der Waals surface area contributed by atoms with Crippen molar-refractivity contribution in [3.05, 3.63) is 65.2 Å². The second-order valence-electron chi connectivity index (χ2n) is 4.33. The Bertz CT molecular complexity index is 606. The van der Waals surface area contributed by atoms with Crippen LogP contribution in [0.4, 0.5) is 8.78 Å².